The highest BCUT2D eigenvalue weighted by Crippen LogP contribution is 2.32. The van der Waals surface area contributed by atoms with Crippen LogP contribution in [-0.2, 0) is 27.4 Å². The second kappa shape index (κ2) is 15.3. The van der Waals surface area contributed by atoms with Crippen LogP contribution in [-0.4, -0.2) is 67.1 Å². The van der Waals surface area contributed by atoms with Gasteiger partial charge in [-0.1, -0.05) is 17.7 Å². The molecular formula is C32H37N3O9S. The molecule has 0 amide bonds. The first kappa shape index (κ1) is 27.8. The van der Waals surface area contributed by atoms with Gasteiger partial charge in [0.05, 0.1) is 52.1 Å². The number of nitrogens with zero attached hydrogens (tertiary/aromatic N) is 3. The lowest BCUT2D eigenvalue weighted by atomic mass is 10.1. The second-order valence-electron chi connectivity index (χ2n) is 9.41. The maximum atomic E-state index is 12.8. The fourth-order valence-electron chi connectivity index (χ4n) is 4.19. The minimum Gasteiger partial charge on any atom is -0.497 e. The van der Waals surface area contributed by atoms with E-state index in [2.05, 4.69) is 9.97 Å². The monoisotopic (exact) mass is 643 g/mol. The molecule has 45 heavy (non-hydrogen) atoms. The van der Waals surface area contributed by atoms with Crippen LogP contribution in [0.1, 0.15) is 22.2 Å². The van der Waals surface area contributed by atoms with Crippen LogP contribution in [0.5, 0.6) is 34.6 Å². The summed E-state index contributed by atoms with van der Waals surface area (Å²) in [5.41, 5.74) is 2.26. The number of aryl methyl sites for hydroxylation is 1. The lowest BCUT2D eigenvalue weighted by molar-refractivity contribution is 0.213. The molecule has 240 valence electrons. The van der Waals surface area contributed by atoms with E-state index in [-0.39, 0.29) is 29.8 Å². The number of benzene rings is 3. The number of rotatable bonds is 16. The van der Waals surface area contributed by atoms with Crippen LogP contribution in [0.4, 0.5) is 5.95 Å². The fraction of sp³-hybridized carbons (Fsp3) is 0.312. The summed E-state index contributed by atoms with van der Waals surface area (Å²) in [7, 11) is 2.68. The first-order chi connectivity index (χ1) is 23.2. The van der Waals surface area contributed by atoms with Crippen LogP contribution in [0.3, 0.4) is 0 Å². The summed E-state index contributed by atoms with van der Waals surface area (Å²) in [5, 5.41) is 0. The van der Waals surface area contributed by atoms with Crippen molar-refractivity contribution in [3.63, 3.8) is 0 Å². The smallest absolute Gasteiger partial charge is 0.297 e. The van der Waals surface area contributed by atoms with Crippen LogP contribution < -0.4 is 33.3 Å². The van der Waals surface area contributed by atoms with E-state index in [9.17, 15) is 8.42 Å². The molecule has 4 rings (SSSR count). The molecule has 3 aromatic carbocycles. The Balaban J connectivity index is 1.69. The highest BCUT2D eigenvalue weighted by molar-refractivity contribution is 7.86. The third-order valence-electron chi connectivity index (χ3n) is 6.56. The Labute approximate surface area is 269 Å². The maximum Gasteiger partial charge on any atom is 0.297 e. The van der Waals surface area contributed by atoms with Gasteiger partial charge in [-0.15, -0.1) is 0 Å². The zero-order chi connectivity index (χ0) is 36.0. The van der Waals surface area contributed by atoms with E-state index < -0.39 is 29.0 Å². The summed E-state index contributed by atoms with van der Waals surface area (Å²) >= 11 is 0. The van der Waals surface area contributed by atoms with Crippen LogP contribution >= 0.6 is 0 Å². The van der Waals surface area contributed by atoms with Crippen LogP contribution in [0.2, 0.25) is 0 Å². The van der Waals surface area contributed by atoms with E-state index in [1.807, 2.05) is 12.1 Å². The van der Waals surface area contributed by atoms with Crippen LogP contribution in [0.25, 0.3) is 0 Å². The van der Waals surface area contributed by atoms with Gasteiger partial charge in [0.25, 0.3) is 16.0 Å². The van der Waals surface area contributed by atoms with E-state index in [1.54, 1.807) is 50.3 Å². The van der Waals surface area contributed by atoms with Crippen molar-refractivity contribution < 1.29 is 46.5 Å². The van der Waals surface area contributed by atoms with Crippen molar-refractivity contribution in [3.8, 4) is 34.6 Å². The van der Waals surface area contributed by atoms with Crippen molar-refractivity contribution in [1.82, 2.24) is 9.97 Å². The minimum atomic E-state index is -4.72. The van der Waals surface area contributed by atoms with E-state index >= 15 is 0 Å². The zero-order valence-corrected chi connectivity index (χ0v) is 26.5. The molecule has 0 N–H and O–H groups in total. The van der Waals surface area contributed by atoms with Crippen molar-refractivity contribution in [2.24, 2.45) is 0 Å². The average molecular weight is 644 g/mol. The molecule has 0 unspecified atom stereocenters. The lowest BCUT2D eigenvalue weighted by Crippen LogP contribution is -2.25. The number of anilines is 1. The van der Waals surface area contributed by atoms with Gasteiger partial charge in [-0.3, -0.25) is 4.18 Å². The third kappa shape index (κ3) is 8.46. The second-order valence-corrected chi connectivity index (χ2v) is 11.0. The topological polar surface area (TPSA) is 128 Å². The van der Waals surface area contributed by atoms with Crippen molar-refractivity contribution in [1.29, 1.82) is 0 Å². The van der Waals surface area contributed by atoms with Crippen LogP contribution in [0.15, 0.2) is 71.8 Å². The molecule has 0 saturated carbocycles. The van der Waals surface area contributed by atoms with E-state index in [1.165, 1.54) is 45.6 Å². The molecule has 0 spiro atoms. The number of ether oxygens (including phenoxy) is 6. The first-order valence-corrected chi connectivity index (χ1v) is 14.9. The quantitative estimate of drug-likeness (QED) is 0.155. The predicted molar refractivity (Wildman–Crippen MR) is 167 cm³/mol. The molecule has 0 fully saturated rings. The molecule has 0 atom stereocenters. The van der Waals surface area contributed by atoms with E-state index in [0.717, 1.165) is 22.9 Å². The van der Waals surface area contributed by atoms with Crippen molar-refractivity contribution in [3.05, 3.63) is 83.6 Å². The van der Waals surface area contributed by atoms with Gasteiger partial charge in [0.15, 0.2) is 5.75 Å². The molecular weight excluding hydrogens is 602 g/mol. The Morgan fingerprint density at radius 1 is 0.733 bits per heavy atom. The summed E-state index contributed by atoms with van der Waals surface area (Å²) in [6.45, 7) is -4.70. The fourth-order valence-corrected chi connectivity index (χ4v) is 4.90. The van der Waals surface area contributed by atoms with Gasteiger partial charge in [0, 0.05) is 36.3 Å². The molecule has 1 heterocycles. The van der Waals surface area contributed by atoms with Gasteiger partial charge in [-0.05, 0) is 43.3 Å². The molecule has 0 saturated heterocycles. The molecule has 0 radical (unpaired) electrons. The number of aromatic nitrogens is 2. The number of methoxy groups -OCH3 is 5. The van der Waals surface area contributed by atoms with Crippen LogP contribution in [0, 0.1) is 6.92 Å². The number of hydrogen-bond acceptors (Lipinski definition) is 12. The highest BCUT2D eigenvalue weighted by Gasteiger charge is 2.20. The molecule has 1 aromatic heterocycles. The summed E-state index contributed by atoms with van der Waals surface area (Å²) < 4.78 is 95.9. The van der Waals surface area contributed by atoms with Crippen molar-refractivity contribution >= 4 is 16.1 Å². The van der Waals surface area contributed by atoms with Gasteiger partial charge < -0.3 is 33.3 Å². The molecule has 4 aromatic rings. The Hall–Kier alpha value is -4.75. The van der Waals surface area contributed by atoms with Gasteiger partial charge in [-0.25, -0.2) is 4.98 Å². The summed E-state index contributed by atoms with van der Waals surface area (Å²) in [6.07, 6.45) is 1.09. The lowest BCUT2D eigenvalue weighted by Gasteiger charge is -2.25. The zero-order valence-electron chi connectivity index (χ0n) is 29.7. The summed E-state index contributed by atoms with van der Waals surface area (Å²) in [5.74, 6) is 1.69. The van der Waals surface area contributed by atoms with Gasteiger partial charge in [0.1, 0.15) is 36.1 Å². The van der Waals surface area contributed by atoms with E-state index in [4.69, 9.17) is 38.1 Å². The average Bonchev–Trinajstić information content (AvgIpc) is 3.07. The number of hydrogen-bond donors (Lipinski definition) is 0. The molecule has 0 aliphatic rings. The maximum absolute atomic E-state index is 12.8. The Bertz CT molecular complexity index is 1810. The Morgan fingerprint density at radius 3 is 1.82 bits per heavy atom. The van der Waals surface area contributed by atoms with Gasteiger partial charge in [0.2, 0.25) is 5.95 Å². The summed E-state index contributed by atoms with van der Waals surface area (Å²) in [4.78, 5) is 10.2. The Morgan fingerprint density at radius 2 is 1.31 bits per heavy atom. The standard InChI is InChI=1S/C32H37N3O9S/c1-22-7-13-27(14-8-22)45(36,37)44-16-15-43-30-19-33-32(34-31(30)42-6)35(20-23-9-11-25(38-2)17-28(23)40-4)21-24-10-12-26(39-3)18-29(24)41-5/h7-14,17-19H,15-16,20-21H2,1-6H3/i15D2,16D2. The largest absolute Gasteiger partial charge is 0.497 e. The first-order valence-electron chi connectivity index (χ1n) is 15.5. The predicted octanol–water partition coefficient (Wildman–Crippen LogP) is 4.82. The molecule has 12 nitrogen and oxygen atoms in total. The van der Waals surface area contributed by atoms with Gasteiger partial charge in [-0.2, -0.15) is 13.4 Å². The van der Waals surface area contributed by atoms with E-state index in [0.29, 0.717) is 23.0 Å². The summed E-state index contributed by atoms with van der Waals surface area (Å²) in [6, 6.07) is 16.1. The minimum absolute atomic E-state index is 0.113. The van der Waals surface area contributed by atoms with Crippen molar-refractivity contribution in [2.45, 2.75) is 24.9 Å². The molecule has 0 aliphatic heterocycles. The highest BCUT2D eigenvalue weighted by atomic mass is 32.2. The SMILES string of the molecule is [2H]C([2H])(Oc1cnc(N(Cc2ccc(OC)cc2OC)Cc2ccc(OC)cc2OC)nc1OC)C([2H])([2H])OS(=O)(=O)c1ccc(C)cc1. The molecule has 13 heteroatoms. The molecule has 0 aliphatic carbocycles. The van der Waals surface area contributed by atoms with Gasteiger partial charge >= 0.3 is 0 Å². The van der Waals surface area contributed by atoms with Crippen molar-refractivity contribution in [2.75, 3.05) is 53.6 Å². The third-order valence-corrected chi connectivity index (χ3v) is 7.71. The Kier molecular flexibility index (Phi) is 9.45. The molecule has 0 bridgehead atoms. The normalized spacial score (nSPS) is 13.0.